The third kappa shape index (κ3) is 3.58. The Morgan fingerprint density at radius 2 is 1.75 bits per heavy atom. The minimum absolute atomic E-state index is 0.0536. The van der Waals surface area contributed by atoms with E-state index >= 15 is 0 Å². The van der Waals surface area contributed by atoms with Crippen LogP contribution in [0.5, 0.6) is 0 Å². The van der Waals surface area contributed by atoms with Gasteiger partial charge in [0.1, 0.15) is 4.90 Å². The third-order valence-corrected chi connectivity index (χ3v) is 6.18. The van der Waals surface area contributed by atoms with Gasteiger partial charge in [0.2, 0.25) is 10.0 Å². The lowest BCUT2D eigenvalue weighted by molar-refractivity contribution is 0.581. The predicted octanol–water partition coefficient (Wildman–Crippen LogP) is 4.78. The molecule has 3 rings (SSSR count). The Morgan fingerprint density at radius 1 is 1.08 bits per heavy atom. The molecule has 0 aliphatic carbocycles. The van der Waals surface area contributed by atoms with Crippen LogP contribution < -0.4 is 4.72 Å². The Balaban J connectivity index is 1.93. The summed E-state index contributed by atoms with van der Waals surface area (Å²) in [5.41, 5.74) is 1.51. The largest absolute Gasteiger partial charge is 0.256 e. The van der Waals surface area contributed by atoms with Crippen LogP contribution in [0, 0.1) is 0 Å². The van der Waals surface area contributed by atoms with E-state index in [1.807, 2.05) is 30.3 Å². The van der Waals surface area contributed by atoms with Crippen LogP contribution in [0.3, 0.4) is 0 Å². The summed E-state index contributed by atoms with van der Waals surface area (Å²) in [5.74, 6) is 0. The fraction of sp³-hybridized carbons (Fsp3) is 0.0625. The van der Waals surface area contributed by atoms with Crippen LogP contribution in [0.4, 0.5) is 0 Å². The van der Waals surface area contributed by atoms with Crippen LogP contribution in [0.25, 0.3) is 10.9 Å². The molecule has 0 bridgehead atoms. The quantitative estimate of drug-likeness (QED) is 0.628. The van der Waals surface area contributed by atoms with Gasteiger partial charge in [-0.15, -0.1) is 0 Å². The molecule has 0 atom stereocenters. The van der Waals surface area contributed by atoms with Crippen molar-refractivity contribution in [2.45, 2.75) is 11.4 Å². The molecule has 8 heteroatoms. The average Bonchev–Trinajstić information content (AvgIpc) is 2.51. The lowest BCUT2D eigenvalue weighted by atomic mass is 10.1. The van der Waals surface area contributed by atoms with Crippen molar-refractivity contribution >= 4 is 60.1 Å². The molecule has 0 amide bonds. The van der Waals surface area contributed by atoms with Gasteiger partial charge in [-0.1, -0.05) is 63.4 Å². The Hall–Kier alpha value is -1.18. The van der Waals surface area contributed by atoms with Crippen LogP contribution in [-0.4, -0.2) is 13.4 Å². The van der Waals surface area contributed by atoms with Gasteiger partial charge in [-0.2, -0.15) is 0 Å². The molecule has 0 aliphatic heterocycles. The number of fused-ring (bicyclic) bond motifs is 1. The normalized spacial score (nSPS) is 11.8. The number of halogens is 3. The van der Waals surface area contributed by atoms with Crippen LogP contribution in [0.2, 0.25) is 10.0 Å². The van der Waals surface area contributed by atoms with Crippen LogP contribution in [0.15, 0.2) is 58.0 Å². The van der Waals surface area contributed by atoms with Crippen molar-refractivity contribution in [1.29, 1.82) is 0 Å². The molecule has 0 fully saturated rings. The minimum atomic E-state index is -3.87. The number of hydrogen-bond donors (Lipinski definition) is 1. The molecule has 1 N–H and O–H groups in total. The maximum Gasteiger partial charge on any atom is 0.243 e. The summed E-state index contributed by atoms with van der Waals surface area (Å²) in [4.78, 5) is 4.17. The molecule has 0 saturated carbocycles. The topological polar surface area (TPSA) is 59.1 Å². The van der Waals surface area contributed by atoms with Crippen molar-refractivity contribution in [1.82, 2.24) is 9.71 Å². The highest BCUT2D eigenvalue weighted by atomic mass is 79.9. The van der Waals surface area contributed by atoms with E-state index in [1.165, 1.54) is 12.1 Å². The highest BCUT2D eigenvalue weighted by Crippen LogP contribution is 2.32. The summed E-state index contributed by atoms with van der Waals surface area (Å²) >= 11 is 15.3. The van der Waals surface area contributed by atoms with Gasteiger partial charge in [-0.05, 0) is 23.8 Å². The second-order valence-electron chi connectivity index (χ2n) is 5.02. The number of pyridine rings is 1. The highest BCUT2D eigenvalue weighted by Gasteiger charge is 2.22. The van der Waals surface area contributed by atoms with Crippen molar-refractivity contribution in [2.24, 2.45) is 0 Å². The smallest absolute Gasteiger partial charge is 0.243 e. The van der Waals surface area contributed by atoms with Gasteiger partial charge in [0.15, 0.2) is 0 Å². The first-order valence-electron chi connectivity index (χ1n) is 6.85. The molecule has 0 radical (unpaired) electrons. The second kappa shape index (κ2) is 6.98. The zero-order valence-electron chi connectivity index (χ0n) is 12.1. The van der Waals surface area contributed by atoms with E-state index in [4.69, 9.17) is 23.2 Å². The number of rotatable bonds is 4. The lowest BCUT2D eigenvalue weighted by Gasteiger charge is -2.11. The Kier molecular flexibility index (Phi) is 5.13. The van der Waals surface area contributed by atoms with E-state index in [2.05, 4.69) is 25.6 Å². The summed E-state index contributed by atoms with van der Waals surface area (Å²) in [6.07, 6.45) is 1.67. The van der Waals surface area contributed by atoms with Crippen LogP contribution in [-0.2, 0) is 16.6 Å². The first-order valence-corrected chi connectivity index (χ1v) is 9.88. The van der Waals surface area contributed by atoms with E-state index in [-0.39, 0.29) is 21.5 Å². The van der Waals surface area contributed by atoms with E-state index in [0.29, 0.717) is 4.47 Å². The molecular weight excluding hydrogens is 435 g/mol. The first kappa shape index (κ1) is 17.6. The average molecular weight is 446 g/mol. The van der Waals surface area contributed by atoms with E-state index in [0.717, 1.165) is 16.5 Å². The lowest BCUT2D eigenvalue weighted by Crippen LogP contribution is -2.24. The highest BCUT2D eigenvalue weighted by molar-refractivity contribution is 9.10. The summed E-state index contributed by atoms with van der Waals surface area (Å²) < 4.78 is 28.3. The van der Waals surface area contributed by atoms with E-state index < -0.39 is 10.0 Å². The molecule has 0 unspecified atom stereocenters. The van der Waals surface area contributed by atoms with Gasteiger partial charge in [0, 0.05) is 22.6 Å². The Morgan fingerprint density at radius 3 is 2.46 bits per heavy atom. The van der Waals surface area contributed by atoms with E-state index in [9.17, 15) is 8.42 Å². The van der Waals surface area contributed by atoms with Crippen molar-refractivity contribution in [2.75, 3.05) is 0 Å². The molecular formula is C16H11BrCl2N2O2S. The number of nitrogens with one attached hydrogen (secondary N) is 1. The standard InChI is InChI=1S/C16H11BrCl2N2O2S/c17-12-7-13(18)16(14(19)8-12)24(22,23)21-9-11-4-1-3-10-5-2-6-20-15(10)11/h1-8,21H,9H2. The SMILES string of the molecule is O=S(=O)(NCc1cccc2cccnc12)c1c(Cl)cc(Br)cc1Cl. The molecule has 0 saturated heterocycles. The van der Waals surface area contributed by atoms with Crippen LogP contribution in [0.1, 0.15) is 5.56 Å². The fourth-order valence-corrected chi connectivity index (χ4v) is 5.28. The molecule has 1 heterocycles. The minimum Gasteiger partial charge on any atom is -0.256 e. The molecule has 1 aromatic heterocycles. The number of sulfonamides is 1. The molecule has 4 nitrogen and oxygen atoms in total. The van der Waals surface area contributed by atoms with Gasteiger partial charge in [-0.25, -0.2) is 13.1 Å². The maximum atomic E-state index is 12.6. The first-order chi connectivity index (χ1) is 11.4. The summed E-state index contributed by atoms with van der Waals surface area (Å²) in [6.45, 7) is 0.0827. The predicted molar refractivity (Wildman–Crippen MR) is 99.9 cm³/mol. The zero-order chi connectivity index (χ0) is 17.3. The second-order valence-corrected chi connectivity index (χ2v) is 8.45. The number of hydrogen-bond acceptors (Lipinski definition) is 3. The number of benzene rings is 2. The molecule has 3 aromatic rings. The van der Waals surface area contributed by atoms with Gasteiger partial charge in [-0.3, -0.25) is 4.98 Å². The van der Waals surface area contributed by atoms with Crippen molar-refractivity contribution < 1.29 is 8.42 Å². The van der Waals surface area contributed by atoms with Crippen LogP contribution >= 0.6 is 39.1 Å². The monoisotopic (exact) mass is 444 g/mol. The fourth-order valence-electron chi connectivity index (χ4n) is 2.34. The van der Waals surface area contributed by atoms with Gasteiger partial charge < -0.3 is 0 Å². The number of aromatic nitrogens is 1. The maximum absolute atomic E-state index is 12.6. The summed E-state index contributed by atoms with van der Waals surface area (Å²) in [6, 6.07) is 12.3. The summed E-state index contributed by atoms with van der Waals surface area (Å²) in [5, 5.41) is 1.05. The van der Waals surface area contributed by atoms with Gasteiger partial charge in [0.05, 0.1) is 15.6 Å². The molecule has 24 heavy (non-hydrogen) atoms. The molecule has 124 valence electrons. The third-order valence-electron chi connectivity index (χ3n) is 3.40. The Labute approximate surface area is 158 Å². The summed E-state index contributed by atoms with van der Waals surface area (Å²) in [7, 11) is -3.87. The molecule has 0 aliphatic rings. The Bertz CT molecular complexity index is 997. The van der Waals surface area contributed by atoms with Crippen molar-refractivity contribution in [3.05, 3.63) is 68.7 Å². The number of nitrogens with zero attached hydrogens (tertiary/aromatic N) is 1. The van der Waals surface area contributed by atoms with Crippen molar-refractivity contribution in [3.8, 4) is 0 Å². The van der Waals surface area contributed by atoms with Crippen molar-refractivity contribution in [3.63, 3.8) is 0 Å². The van der Waals surface area contributed by atoms with Gasteiger partial charge in [0.25, 0.3) is 0 Å². The molecule has 0 spiro atoms. The number of para-hydroxylation sites is 1. The zero-order valence-corrected chi connectivity index (χ0v) is 16.0. The van der Waals surface area contributed by atoms with E-state index in [1.54, 1.807) is 6.20 Å². The molecule has 2 aromatic carbocycles. The van der Waals surface area contributed by atoms with Gasteiger partial charge >= 0.3 is 0 Å².